The van der Waals surface area contributed by atoms with Crippen LogP contribution in [0.15, 0.2) is 75.1 Å². The number of halogens is 2. The molecule has 0 atom stereocenters. The highest BCUT2D eigenvalue weighted by atomic mass is 79.9. The van der Waals surface area contributed by atoms with E-state index in [1.165, 1.54) is 62.8 Å². The third kappa shape index (κ3) is 5.62. The summed E-state index contributed by atoms with van der Waals surface area (Å²) in [5, 5.41) is 11.4. The lowest BCUT2D eigenvalue weighted by molar-refractivity contribution is 0.0945. The number of aromatic nitrogens is 5. The van der Waals surface area contributed by atoms with Gasteiger partial charge < -0.3 is 9.88 Å². The fraction of sp³-hybridized carbons (Fsp3) is 0.0833. The topological polar surface area (TPSA) is 112 Å². The van der Waals surface area contributed by atoms with Gasteiger partial charge in [-0.25, -0.2) is 4.98 Å². The van der Waals surface area contributed by atoms with Crippen molar-refractivity contribution in [2.75, 3.05) is 5.32 Å². The van der Waals surface area contributed by atoms with Crippen LogP contribution in [0.2, 0.25) is 4.34 Å². The SMILES string of the molecule is O=C(Cn1cc(-c2cc(NCc3ccc(Cl)s3)n(C(=O)c3ccsc3)n2)c(Br)cc1=O)c1cnccn1. The van der Waals surface area contributed by atoms with Crippen LogP contribution in [0, 0.1) is 0 Å². The monoisotopic (exact) mass is 614 g/mol. The number of rotatable bonds is 8. The van der Waals surface area contributed by atoms with E-state index in [-0.39, 0.29) is 29.5 Å². The standard InChI is InChI=1S/C24H16BrClN6O3S2/c25-17-7-23(34)31(12-20(33)19-10-27-4-5-28-19)11-16(17)18-8-22(29-9-15-1-2-21(26)37-15)32(30-18)24(35)14-3-6-36-13-14/h1-8,10-11,13,29H,9,12H2. The Balaban J connectivity index is 1.51. The van der Waals surface area contributed by atoms with Crippen LogP contribution in [0.3, 0.4) is 0 Å². The van der Waals surface area contributed by atoms with E-state index in [9.17, 15) is 14.4 Å². The molecule has 37 heavy (non-hydrogen) atoms. The fourth-order valence-corrected chi connectivity index (χ4v) is 5.63. The first kappa shape index (κ1) is 25.2. The highest BCUT2D eigenvalue weighted by molar-refractivity contribution is 9.10. The van der Waals surface area contributed by atoms with Crippen molar-refractivity contribution >= 4 is 67.7 Å². The minimum absolute atomic E-state index is 0.157. The predicted molar refractivity (Wildman–Crippen MR) is 147 cm³/mol. The van der Waals surface area contributed by atoms with Gasteiger partial charge in [0.25, 0.3) is 11.5 Å². The van der Waals surface area contributed by atoms with Crippen molar-refractivity contribution in [1.82, 2.24) is 24.3 Å². The average Bonchev–Trinajstić information content (AvgIpc) is 3.66. The van der Waals surface area contributed by atoms with Gasteiger partial charge in [-0.15, -0.1) is 11.3 Å². The Morgan fingerprint density at radius 3 is 2.73 bits per heavy atom. The summed E-state index contributed by atoms with van der Waals surface area (Å²) < 4.78 is 3.71. The van der Waals surface area contributed by atoms with Gasteiger partial charge in [0.15, 0.2) is 0 Å². The molecule has 0 aliphatic heterocycles. The van der Waals surface area contributed by atoms with Gasteiger partial charge in [0.05, 0.1) is 34.9 Å². The van der Waals surface area contributed by atoms with Crippen LogP contribution in [-0.2, 0) is 13.1 Å². The van der Waals surface area contributed by atoms with Gasteiger partial charge in [-0.3, -0.25) is 19.4 Å². The van der Waals surface area contributed by atoms with Crippen LogP contribution >= 0.6 is 50.2 Å². The first-order valence-electron chi connectivity index (χ1n) is 10.7. The van der Waals surface area contributed by atoms with Crippen LogP contribution in [0.25, 0.3) is 11.3 Å². The summed E-state index contributed by atoms with van der Waals surface area (Å²) in [6, 6.07) is 8.53. The molecule has 0 aliphatic carbocycles. The first-order valence-corrected chi connectivity index (χ1v) is 13.7. The number of hydrogen-bond acceptors (Lipinski definition) is 9. The van der Waals surface area contributed by atoms with Crippen molar-refractivity contribution in [1.29, 1.82) is 0 Å². The molecule has 0 aliphatic rings. The molecule has 5 heterocycles. The summed E-state index contributed by atoms with van der Waals surface area (Å²) in [7, 11) is 0. The summed E-state index contributed by atoms with van der Waals surface area (Å²) in [5.41, 5.74) is 1.24. The molecule has 5 rings (SSSR count). The molecule has 0 radical (unpaired) electrons. The van der Waals surface area contributed by atoms with E-state index < -0.39 is 0 Å². The molecule has 0 unspecified atom stereocenters. The second-order valence-corrected chi connectivity index (χ2v) is 11.2. The normalized spacial score (nSPS) is 11.0. The molecule has 13 heteroatoms. The summed E-state index contributed by atoms with van der Waals surface area (Å²) >= 11 is 12.3. The summed E-state index contributed by atoms with van der Waals surface area (Å²) in [4.78, 5) is 47.4. The smallest absolute Gasteiger partial charge is 0.280 e. The fourth-order valence-electron chi connectivity index (χ4n) is 3.47. The summed E-state index contributed by atoms with van der Waals surface area (Å²) in [5.74, 6) is -0.198. The Kier molecular flexibility index (Phi) is 7.42. The zero-order valence-electron chi connectivity index (χ0n) is 18.8. The lowest BCUT2D eigenvalue weighted by Crippen LogP contribution is -2.24. The molecule has 0 spiro atoms. The Morgan fingerprint density at radius 2 is 2.03 bits per heavy atom. The number of nitrogens with zero attached hydrogens (tertiary/aromatic N) is 5. The number of ketones is 1. The van der Waals surface area contributed by atoms with Crippen molar-refractivity contribution < 1.29 is 9.59 Å². The number of thiophene rings is 2. The van der Waals surface area contributed by atoms with Gasteiger partial charge >= 0.3 is 0 Å². The van der Waals surface area contributed by atoms with Gasteiger partial charge in [0, 0.05) is 51.0 Å². The van der Waals surface area contributed by atoms with E-state index in [1.807, 2.05) is 17.5 Å². The number of Topliss-reactive ketones (excluding diaryl/α,β-unsaturated/α-hetero) is 1. The van der Waals surface area contributed by atoms with E-state index in [0.717, 1.165) is 4.88 Å². The van der Waals surface area contributed by atoms with Gasteiger partial charge in [-0.05, 0) is 39.5 Å². The molecule has 5 aromatic rings. The molecule has 0 bridgehead atoms. The third-order valence-electron chi connectivity index (χ3n) is 5.26. The number of pyridine rings is 1. The zero-order chi connectivity index (χ0) is 25.9. The van der Waals surface area contributed by atoms with Crippen molar-refractivity contribution in [3.63, 3.8) is 0 Å². The Morgan fingerprint density at radius 1 is 1.16 bits per heavy atom. The lowest BCUT2D eigenvalue weighted by Gasteiger charge is -2.08. The molecular formula is C24H16BrClN6O3S2. The van der Waals surface area contributed by atoms with E-state index in [2.05, 4.69) is 36.3 Å². The number of hydrogen-bond donors (Lipinski definition) is 1. The lowest BCUT2D eigenvalue weighted by atomic mass is 10.2. The number of nitrogens with one attached hydrogen (secondary N) is 1. The highest BCUT2D eigenvalue weighted by Gasteiger charge is 2.20. The Hall–Kier alpha value is -3.45. The van der Waals surface area contributed by atoms with Gasteiger partial charge in [-0.1, -0.05) is 11.6 Å². The van der Waals surface area contributed by atoms with E-state index in [0.29, 0.717) is 38.0 Å². The average molecular weight is 616 g/mol. The number of carbonyl (C=O) groups is 2. The van der Waals surface area contributed by atoms with Crippen molar-refractivity contribution in [2.45, 2.75) is 13.1 Å². The third-order valence-corrected chi connectivity index (χ3v) is 7.83. The maximum absolute atomic E-state index is 13.2. The molecule has 1 N–H and O–H groups in total. The van der Waals surface area contributed by atoms with Gasteiger partial charge in [0.2, 0.25) is 5.78 Å². The molecule has 0 aromatic carbocycles. The minimum atomic E-state index is -0.380. The van der Waals surface area contributed by atoms with Crippen LogP contribution in [0.1, 0.15) is 25.7 Å². The summed E-state index contributed by atoms with van der Waals surface area (Å²) in [6.07, 6.45) is 5.76. The first-order chi connectivity index (χ1) is 17.9. The molecule has 0 saturated heterocycles. The van der Waals surface area contributed by atoms with Crippen molar-refractivity contribution in [3.05, 3.63) is 101 Å². The highest BCUT2D eigenvalue weighted by Crippen LogP contribution is 2.30. The predicted octanol–water partition coefficient (Wildman–Crippen LogP) is 5.22. The minimum Gasteiger partial charge on any atom is -0.365 e. The van der Waals surface area contributed by atoms with Crippen LogP contribution < -0.4 is 10.9 Å². The maximum atomic E-state index is 13.2. The van der Waals surface area contributed by atoms with E-state index in [1.54, 1.807) is 17.5 Å². The van der Waals surface area contributed by atoms with Gasteiger partial charge in [0.1, 0.15) is 11.5 Å². The quantitative estimate of drug-likeness (QED) is 0.238. The van der Waals surface area contributed by atoms with E-state index >= 15 is 0 Å². The number of anilines is 1. The maximum Gasteiger partial charge on any atom is 0.280 e. The summed E-state index contributed by atoms with van der Waals surface area (Å²) in [6.45, 7) is 0.212. The van der Waals surface area contributed by atoms with Crippen LogP contribution in [-0.4, -0.2) is 36.0 Å². The Labute approximate surface area is 231 Å². The largest absolute Gasteiger partial charge is 0.365 e. The molecular weight excluding hydrogens is 600 g/mol. The Bertz CT molecular complexity index is 1650. The van der Waals surface area contributed by atoms with Crippen LogP contribution in [0.5, 0.6) is 0 Å². The van der Waals surface area contributed by atoms with Crippen molar-refractivity contribution in [3.8, 4) is 11.3 Å². The molecule has 0 fully saturated rings. The molecule has 186 valence electrons. The second-order valence-electron chi connectivity index (χ2n) is 7.72. The van der Waals surface area contributed by atoms with Crippen molar-refractivity contribution in [2.24, 2.45) is 0 Å². The van der Waals surface area contributed by atoms with Crippen LogP contribution in [0.4, 0.5) is 5.82 Å². The number of carbonyl (C=O) groups excluding carboxylic acids is 2. The van der Waals surface area contributed by atoms with E-state index in [4.69, 9.17) is 11.6 Å². The molecule has 0 saturated carbocycles. The van der Waals surface area contributed by atoms with Gasteiger partial charge in [-0.2, -0.15) is 21.1 Å². The molecule has 9 nitrogen and oxygen atoms in total. The second kappa shape index (κ2) is 10.9. The molecule has 0 amide bonds. The zero-order valence-corrected chi connectivity index (χ0v) is 22.8. The molecule has 5 aromatic heterocycles.